The molecule has 118 valence electrons. The summed E-state index contributed by atoms with van der Waals surface area (Å²) >= 11 is 0. The van der Waals surface area contributed by atoms with Gasteiger partial charge in [-0.1, -0.05) is 38.1 Å². The van der Waals surface area contributed by atoms with Gasteiger partial charge in [0.05, 0.1) is 6.54 Å². The van der Waals surface area contributed by atoms with E-state index in [-0.39, 0.29) is 18.4 Å². The van der Waals surface area contributed by atoms with E-state index in [4.69, 9.17) is 0 Å². The van der Waals surface area contributed by atoms with Crippen molar-refractivity contribution in [2.75, 3.05) is 19.6 Å². The lowest BCUT2D eigenvalue weighted by molar-refractivity contribution is -0.131. The highest BCUT2D eigenvalue weighted by Gasteiger charge is 2.17. The molecular weight excluding hydrogens is 276 g/mol. The largest absolute Gasteiger partial charge is 0.343 e. The minimum absolute atomic E-state index is 0.000497. The van der Waals surface area contributed by atoms with Crippen molar-refractivity contribution in [1.29, 1.82) is 0 Å². The number of rotatable bonds is 5. The molecule has 2 amide bonds. The van der Waals surface area contributed by atoms with Crippen molar-refractivity contribution < 1.29 is 9.59 Å². The van der Waals surface area contributed by atoms with Crippen LogP contribution in [0, 0.1) is 0 Å². The van der Waals surface area contributed by atoms with Gasteiger partial charge in [0.25, 0.3) is 0 Å². The molecule has 1 aromatic carbocycles. The van der Waals surface area contributed by atoms with Crippen molar-refractivity contribution in [3.8, 4) is 0 Å². The van der Waals surface area contributed by atoms with Gasteiger partial charge in [0.1, 0.15) is 0 Å². The molecule has 1 aliphatic rings. The third-order valence-electron chi connectivity index (χ3n) is 3.90. The Bertz CT molecular complexity index is 541. The van der Waals surface area contributed by atoms with Crippen LogP contribution in [0.2, 0.25) is 0 Å². The van der Waals surface area contributed by atoms with E-state index in [0.29, 0.717) is 5.92 Å². The van der Waals surface area contributed by atoms with Crippen molar-refractivity contribution >= 4 is 17.9 Å². The minimum Gasteiger partial charge on any atom is -0.343 e. The number of carbonyl (C=O) groups is 2. The average molecular weight is 300 g/mol. The average Bonchev–Trinajstić information content (AvgIpc) is 3.05. The Hall–Kier alpha value is -2.10. The first-order chi connectivity index (χ1) is 10.6. The summed E-state index contributed by atoms with van der Waals surface area (Å²) in [6.07, 6.45) is 5.36. The van der Waals surface area contributed by atoms with Crippen LogP contribution in [0.5, 0.6) is 0 Å². The fourth-order valence-corrected chi connectivity index (χ4v) is 2.46. The van der Waals surface area contributed by atoms with Crippen LogP contribution in [0.1, 0.15) is 43.7 Å². The van der Waals surface area contributed by atoms with Gasteiger partial charge in [-0.25, -0.2) is 0 Å². The van der Waals surface area contributed by atoms with Gasteiger partial charge in [0.15, 0.2) is 0 Å². The lowest BCUT2D eigenvalue weighted by Crippen LogP contribution is -2.38. The first-order valence-electron chi connectivity index (χ1n) is 7.90. The monoisotopic (exact) mass is 300 g/mol. The highest BCUT2D eigenvalue weighted by atomic mass is 16.2. The number of nitrogens with one attached hydrogen (secondary N) is 1. The van der Waals surface area contributed by atoms with Gasteiger partial charge in [-0.3, -0.25) is 9.59 Å². The van der Waals surface area contributed by atoms with E-state index < -0.39 is 0 Å². The molecule has 1 fully saturated rings. The number of nitrogens with zero attached hydrogens (tertiary/aromatic N) is 1. The second kappa shape index (κ2) is 7.78. The van der Waals surface area contributed by atoms with Crippen LogP contribution in [0.25, 0.3) is 6.08 Å². The number of carbonyl (C=O) groups excluding carboxylic acids is 2. The molecule has 1 aliphatic heterocycles. The first kappa shape index (κ1) is 16.3. The van der Waals surface area contributed by atoms with Crippen LogP contribution in [0.15, 0.2) is 30.3 Å². The number of benzene rings is 1. The molecule has 1 aromatic rings. The van der Waals surface area contributed by atoms with E-state index in [1.165, 1.54) is 11.6 Å². The standard InChI is InChI=1S/C18H24N2O2/c1-14(2)16-8-5-15(6-9-16)7-10-17(21)19-13-18(22)20-11-3-4-12-20/h5-10,14H,3-4,11-13H2,1-2H3,(H,19,21)/b10-7+. The van der Waals surface area contributed by atoms with Crippen LogP contribution in [-0.4, -0.2) is 36.3 Å². The maximum absolute atomic E-state index is 11.8. The van der Waals surface area contributed by atoms with Crippen LogP contribution in [0.4, 0.5) is 0 Å². The van der Waals surface area contributed by atoms with Crippen molar-refractivity contribution in [1.82, 2.24) is 10.2 Å². The zero-order chi connectivity index (χ0) is 15.9. The SMILES string of the molecule is CC(C)c1ccc(/C=C/C(=O)NCC(=O)N2CCCC2)cc1. The second-order valence-corrected chi connectivity index (χ2v) is 5.96. The molecule has 0 atom stereocenters. The number of amides is 2. The van der Waals surface area contributed by atoms with Gasteiger partial charge < -0.3 is 10.2 Å². The zero-order valence-corrected chi connectivity index (χ0v) is 13.3. The molecular formula is C18H24N2O2. The van der Waals surface area contributed by atoms with Crippen LogP contribution >= 0.6 is 0 Å². The zero-order valence-electron chi connectivity index (χ0n) is 13.3. The first-order valence-corrected chi connectivity index (χ1v) is 7.90. The maximum Gasteiger partial charge on any atom is 0.244 e. The summed E-state index contributed by atoms with van der Waals surface area (Å²) in [4.78, 5) is 25.4. The van der Waals surface area contributed by atoms with E-state index in [0.717, 1.165) is 31.5 Å². The molecule has 0 saturated carbocycles. The fraction of sp³-hybridized carbons (Fsp3) is 0.444. The molecule has 0 radical (unpaired) electrons. The molecule has 0 unspecified atom stereocenters. The van der Waals surface area contributed by atoms with E-state index >= 15 is 0 Å². The van der Waals surface area contributed by atoms with Gasteiger partial charge in [0.2, 0.25) is 11.8 Å². The third kappa shape index (κ3) is 4.72. The molecule has 2 rings (SSSR count). The van der Waals surface area contributed by atoms with Crippen molar-refractivity contribution in [3.05, 3.63) is 41.5 Å². The van der Waals surface area contributed by atoms with Crippen LogP contribution < -0.4 is 5.32 Å². The summed E-state index contributed by atoms with van der Waals surface area (Å²) in [6.45, 7) is 6.00. The highest BCUT2D eigenvalue weighted by Crippen LogP contribution is 2.15. The number of likely N-dealkylation sites (tertiary alicyclic amines) is 1. The van der Waals surface area contributed by atoms with Gasteiger partial charge in [-0.2, -0.15) is 0 Å². The lowest BCUT2D eigenvalue weighted by atomic mass is 10.0. The molecule has 1 saturated heterocycles. The molecule has 1 heterocycles. The summed E-state index contributed by atoms with van der Waals surface area (Å²) in [7, 11) is 0. The fourth-order valence-electron chi connectivity index (χ4n) is 2.46. The molecule has 0 aromatic heterocycles. The molecule has 0 bridgehead atoms. The summed E-state index contributed by atoms with van der Waals surface area (Å²) in [5.41, 5.74) is 2.25. The molecule has 0 aliphatic carbocycles. The van der Waals surface area contributed by atoms with Crippen LogP contribution in [0.3, 0.4) is 0 Å². The van der Waals surface area contributed by atoms with Gasteiger partial charge in [-0.15, -0.1) is 0 Å². The summed E-state index contributed by atoms with van der Waals surface area (Å²) in [5, 5.41) is 2.64. The van der Waals surface area contributed by atoms with E-state index in [9.17, 15) is 9.59 Å². The topological polar surface area (TPSA) is 49.4 Å². The summed E-state index contributed by atoms with van der Waals surface area (Å²) in [5.74, 6) is 0.263. The van der Waals surface area contributed by atoms with Crippen molar-refractivity contribution in [2.24, 2.45) is 0 Å². The summed E-state index contributed by atoms with van der Waals surface area (Å²) < 4.78 is 0. The molecule has 22 heavy (non-hydrogen) atoms. The third-order valence-corrected chi connectivity index (χ3v) is 3.90. The van der Waals surface area contributed by atoms with E-state index in [2.05, 4.69) is 31.3 Å². The van der Waals surface area contributed by atoms with Crippen LogP contribution in [-0.2, 0) is 9.59 Å². The van der Waals surface area contributed by atoms with Gasteiger partial charge in [0, 0.05) is 19.2 Å². The Morgan fingerprint density at radius 3 is 2.41 bits per heavy atom. The Labute approximate surface area is 132 Å². The second-order valence-electron chi connectivity index (χ2n) is 5.96. The Kier molecular flexibility index (Phi) is 5.75. The minimum atomic E-state index is -0.236. The highest BCUT2D eigenvalue weighted by molar-refractivity contribution is 5.94. The predicted molar refractivity (Wildman–Crippen MR) is 88.4 cm³/mol. The maximum atomic E-state index is 11.8. The lowest BCUT2D eigenvalue weighted by Gasteiger charge is -2.14. The van der Waals surface area contributed by atoms with Gasteiger partial charge in [-0.05, 0) is 36.0 Å². The molecule has 4 heteroatoms. The predicted octanol–water partition coefficient (Wildman–Crippen LogP) is 2.56. The Morgan fingerprint density at radius 1 is 1.18 bits per heavy atom. The number of hydrogen-bond acceptors (Lipinski definition) is 2. The molecule has 1 N–H and O–H groups in total. The van der Waals surface area contributed by atoms with E-state index in [1.807, 2.05) is 12.1 Å². The smallest absolute Gasteiger partial charge is 0.244 e. The Balaban J connectivity index is 1.79. The number of hydrogen-bond donors (Lipinski definition) is 1. The molecule has 4 nitrogen and oxygen atoms in total. The quantitative estimate of drug-likeness (QED) is 0.850. The van der Waals surface area contributed by atoms with Gasteiger partial charge >= 0.3 is 0 Å². The van der Waals surface area contributed by atoms with Crippen molar-refractivity contribution in [3.63, 3.8) is 0 Å². The van der Waals surface area contributed by atoms with E-state index in [1.54, 1.807) is 11.0 Å². The Morgan fingerprint density at radius 2 is 1.82 bits per heavy atom. The normalized spacial score (nSPS) is 14.8. The van der Waals surface area contributed by atoms with Crippen molar-refractivity contribution in [2.45, 2.75) is 32.6 Å². The summed E-state index contributed by atoms with van der Waals surface area (Å²) in [6, 6.07) is 8.13. The molecule has 0 spiro atoms.